The molecule has 1 aromatic heterocycles. The summed E-state index contributed by atoms with van der Waals surface area (Å²) < 4.78 is 1.63. The van der Waals surface area contributed by atoms with E-state index in [1.54, 1.807) is 11.0 Å². The van der Waals surface area contributed by atoms with Crippen molar-refractivity contribution in [1.29, 1.82) is 0 Å². The average Bonchev–Trinajstić information content (AvgIpc) is 3.10. The summed E-state index contributed by atoms with van der Waals surface area (Å²) in [5, 5.41) is 11.4. The molecule has 0 aromatic carbocycles. The number of nitrogens with two attached hydrogens (primary N) is 1. The molecule has 1 saturated carbocycles. The number of amides is 2. The minimum atomic E-state index is -0.651. The molecule has 1 saturated heterocycles. The number of likely N-dealkylation sites (tertiary alicyclic amines) is 1. The molecular formula is C14H22N6O2. The molecule has 3 rings (SSSR count). The van der Waals surface area contributed by atoms with Crippen molar-refractivity contribution >= 4 is 11.8 Å². The highest BCUT2D eigenvalue weighted by atomic mass is 16.2. The predicted octanol–water partition coefficient (Wildman–Crippen LogP) is 0.0564. The van der Waals surface area contributed by atoms with E-state index < -0.39 is 5.54 Å². The Morgan fingerprint density at radius 1 is 1.14 bits per heavy atom. The fraction of sp³-hybridized carbons (Fsp3) is 0.786. The van der Waals surface area contributed by atoms with Gasteiger partial charge in [0.15, 0.2) is 0 Å². The van der Waals surface area contributed by atoms with Gasteiger partial charge in [-0.25, -0.2) is 4.68 Å². The number of nitrogens with zero attached hydrogens (tertiary/aromatic N) is 5. The maximum atomic E-state index is 13.1. The zero-order valence-corrected chi connectivity index (χ0v) is 12.6. The van der Waals surface area contributed by atoms with Gasteiger partial charge in [0.05, 0.1) is 0 Å². The highest BCUT2D eigenvalue weighted by Gasteiger charge is 2.45. The van der Waals surface area contributed by atoms with Crippen molar-refractivity contribution in [2.75, 3.05) is 13.1 Å². The normalized spacial score (nSPS) is 22.5. The van der Waals surface area contributed by atoms with Crippen molar-refractivity contribution < 1.29 is 9.59 Å². The number of tetrazole rings is 1. The van der Waals surface area contributed by atoms with Gasteiger partial charge in [-0.1, -0.05) is 19.3 Å². The first-order valence-corrected chi connectivity index (χ1v) is 7.96. The number of aromatic nitrogens is 4. The first-order chi connectivity index (χ1) is 10.6. The summed E-state index contributed by atoms with van der Waals surface area (Å²) in [4.78, 5) is 26.3. The van der Waals surface area contributed by atoms with Crippen LogP contribution in [0.15, 0.2) is 6.33 Å². The molecule has 8 nitrogen and oxygen atoms in total. The van der Waals surface area contributed by atoms with E-state index in [0.717, 1.165) is 32.1 Å². The van der Waals surface area contributed by atoms with Crippen LogP contribution >= 0.6 is 0 Å². The average molecular weight is 306 g/mol. The summed E-state index contributed by atoms with van der Waals surface area (Å²) in [6, 6.07) is 0. The van der Waals surface area contributed by atoms with Crippen LogP contribution in [0.1, 0.15) is 44.9 Å². The van der Waals surface area contributed by atoms with Crippen LogP contribution in [0.3, 0.4) is 0 Å². The van der Waals surface area contributed by atoms with Crippen LogP contribution in [-0.4, -0.2) is 50.0 Å². The third-order valence-corrected chi connectivity index (χ3v) is 5.05. The number of primary amides is 1. The molecule has 2 aliphatic rings. The molecule has 1 aliphatic carbocycles. The summed E-state index contributed by atoms with van der Waals surface area (Å²) >= 11 is 0. The Bertz CT molecular complexity index is 530. The Hall–Kier alpha value is -1.99. The van der Waals surface area contributed by atoms with E-state index in [-0.39, 0.29) is 17.7 Å². The molecule has 2 N–H and O–H groups in total. The maximum absolute atomic E-state index is 13.1. The minimum absolute atomic E-state index is 0.0856. The second-order valence-corrected chi connectivity index (χ2v) is 6.32. The van der Waals surface area contributed by atoms with E-state index >= 15 is 0 Å². The lowest BCUT2D eigenvalue weighted by atomic mass is 9.80. The second kappa shape index (κ2) is 6.02. The van der Waals surface area contributed by atoms with Gasteiger partial charge in [0.25, 0.3) is 5.91 Å². The van der Waals surface area contributed by atoms with Crippen molar-refractivity contribution in [3.63, 3.8) is 0 Å². The van der Waals surface area contributed by atoms with Crippen LogP contribution in [0.5, 0.6) is 0 Å². The number of piperidine rings is 1. The van der Waals surface area contributed by atoms with Gasteiger partial charge in [-0.3, -0.25) is 9.59 Å². The Kier molecular flexibility index (Phi) is 4.08. The van der Waals surface area contributed by atoms with Crippen molar-refractivity contribution in [2.24, 2.45) is 11.7 Å². The van der Waals surface area contributed by atoms with Gasteiger partial charge in [0.2, 0.25) is 5.91 Å². The lowest BCUT2D eigenvalue weighted by molar-refractivity contribution is -0.146. The molecule has 1 aliphatic heterocycles. The molecule has 8 heteroatoms. The van der Waals surface area contributed by atoms with Crippen LogP contribution in [0.25, 0.3) is 0 Å². The zero-order chi connectivity index (χ0) is 15.6. The molecule has 0 bridgehead atoms. The maximum Gasteiger partial charge on any atom is 0.250 e. The van der Waals surface area contributed by atoms with Gasteiger partial charge >= 0.3 is 0 Å². The monoisotopic (exact) mass is 306 g/mol. The smallest absolute Gasteiger partial charge is 0.250 e. The summed E-state index contributed by atoms with van der Waals surface area (Å²) in [6.45, 7) is 1.16. The van der Waals surface area contributed by atoms with Gasteiger partial charge in [-0.15, -0.1) is 5.10 Å². The molecule has 22 heavy (non-hydrogen) atoms. The van der Waals surface area contributed by atoms with Crippen LogP contribution in [0, 0.1) is 5.92 Å². The van der Waals surface area contributed by atoms with Crippen molar-refractivity contribution in [1.82, 2.24) is 25.1 Å². The van der Waals surface area contributed by atoms with Crippen molar-refractivity contribution in [2.45, 2.75) is 50.5 Å². The lowest BCUT2D eigenvalue weighted by Gasteiger charge is -2.41. The summed E-state index contributed by atoms with van der Waals surface area (Å²) in [5.41, 5.74) is 4.71. The standard InChI is InChI=1S/C14H22N6O2/c15-12(21)11-4-8-19(9-5-11)13(22)14(6-2-1-3-7-14)20-10-16-17-18-20/h10-11H,1-9H2,(H2,15,21). The van der Waals surface area contributed by atoms with E-state index in [1.165, 1.54) is 0 Å². The van der Waals surface area contributed by atoms with E-state index in [4.69, 9.17) is 5.73 Å². The number of rotatable bonds is 3. The van der Waals surface area contributed by atoms with Gasteiger partial charge in [0, 0.05) is 19.0 Å². The third kappa shape index (κ3) is 2.57. The zero-order valence-electron chi connectivity index (χ0n) is 12.6. The summed E-state index contributed by atoms with van der Waals surface area (Å²) in [7, 11) is 0. The Morgan fingerprint density at radius 2 is 1.82 bits per heavy atom. The van der Waals surface area contributed by atoms with Crippen LogP contribution < -0.4 is 5.73 Å². The van der Waals surface area contributed by atoms with Gasteiger partial charge in [0.1, 0.15) is 11.9 Å². The van der Waals surface area contributed by atoms with Gasteiger partial charge < -0.3 is 10.6 Å². The molecule has 0 unspecified atom stereocenters. The number of carbonyl (C=O) groups is 2. The molecule has 120 valence electrons. The first kappa shape index (κ1) is 14.9. The number of hydrogen-bond donors (Lipinski definition) is 1. The predicted molar refractivity (Wildman–Crippen MR) is 77.4 cm³/mol. The third-order valence-electron chi connectivity index (χ3n) is 5.05. The second-order valence-electron chi connectivity index (χ2n) is 6.32. The van der Waals surface area contributed by atoms with Crippen LogP contribution in [0.4, 0.5) is 0 Å². The Labute approximate surface area is 129 Å². The molecule has 2 amide bonds. The highest BCUT2D eigenvalue weighted by molar-refractivity contribution is 5.85. The molecule has 0 radical (unpaired) electrons. The van der Waals surface area contributed by atoms with Crippen molar-refractivity contribution in [3.05, 3.63) is 6.33 Å². The molecule has 2 heterocycles. The summed E-state index contributed by atoms with van der Waals surface area (Å²) in [6.07, 6.45) is 7.52. The quantitative estimate of drug-likeness (QED) is 0.849. The van der Waals surface area contributed by atoms with E-state index in [0.29, 0.717) is 25.9 Å². The Morgan fingerprint density at radius 3 is 2.36 bits per heavy atom. The molecule has 2 fully saturated rings. The van der Waals surface area contributed by atoms with E-state index in [2.05, 4.69) is 15.5 Å². The number of hydrogen-bond acceptors (Lipinski definition) is 5. The molecule has 0 atom stereocenters. The fourth-order valence-electron chi connectivity index (χ4n) is 3.70. The first-order valence-electron chi connectivity index (χ1n) is 7.96. The topological polar surface area (TPSA) is 107 Å². The van der Waals surface area contributed by atoms with Gasteiger partial charge in [-0.2, -0.15) is 0 Å². The van der Waals surface area contributed by atoms with E-state index in [9.17, 15) is 9.59 Å². The van der Waals surface area contributed by atoms with Crippen LogP contribution in [0.2, 0.25) is 0 Å². The van der Waals surface area contributed by atoms with Gasteiger partial charge in [-0.05, 0) is 36.1 Å². The largest absolute Gasteiger partial charge is 0.369 e. The number of carbonyl (C=O) groups excluding carboxylic acids is 2. The SMILES string of the molecule is NC(=O)C1CCN(C(=O)C2(n3cnnn3)CCCCC2)CC1. The van der Waals surface area contributed by atoms with Crippen LogP contribution in [-0.2, 0) is 15.1 Å². The molecule has 1 aromatic rings. The lowest BCUT2D eigenvalue weighted by Crippen LogP contribution is -2.54. The molecular weight excluding hydrogens is 284 g/mol. The minimum Gasteiger partial charge on any atom is -0.369 e. The van der Waals surface area contributed by atoms with E-state index in [1.807, 2.05) is 4.90 Å². The molecule has 0 spiro atoms. The summed E-state index contributed by atoms with van der Waals surface area (Å²) in [5.74, 6) is -0.290. The van der Waals surface area contributed by atoms with Crippen molar-refractivity contribution in [3.8, 4) is 0 Å². The highest BCUT2D eigenvalue weighted by Crippen LogP contribution is 2.36. The fourth-order valence-corrected chi connectivity index (χ4v) is 3.70. The Balaban J connectivity index is 1.78.